The molecule has 0 aliphatic rings. The molecule has 0 aliphatic carbocycles. The summed E-state index contributed by atoms with van der Waals surface area (Å²) < 4.78 is 5.00. The second kappa shape index (κ2) is 10.2. The summed E-state index contributed by atoms with van der Waals surface area (Å²) in [6, 6.07) is -3.97. The first kappa shape index (κ1) is 22.8. The molecule has 13 nitrogen and oxygen atoms in total. The zero-order valence-corrected chi connectivity index (χ0v) is 15.4. The van der Waals surface area contributed by atoms with Gasteiger partial charge in [-0.05, 0) is 12.3 Å². The van der Waals surface area contributed by atoms with Crippen molar-refractivity contribution in [1.29, 1.82) is 0 Å². The van der Waals surface area contributed by atoms with Crippen molar-refractivity contribution in [3.63, 3.8) is 0 Å². The van der Waals surface area contributed by atoms with Crippen molar-refractivity contribution >= 4 is 23.9 Å². The molecule has 0 saturated heterocycles. The quantitative estimate of drug-likeness (QED) is 0.273. The molecular formula is C15H24N6O7. The third-order valence-electron chi connectivity index (χ3n) is 3.69. The predicted molar refractivity (Wildman–Crippen MR) is 92.6 cm³/mol. The molecule has 0 saturated carbocycles. The SMILES string of the molecule is CC(C)C(NC(=O)N[C@@H](CC(N)=O)c1nc([C@@H](N)CCC(=O)O)no1)C(=O)O. The second-order valence-electron chi connectivity index (χ2n) is 6.43. The first-order chi connectivity index (χ1) is 13.0. The molecule has 28 heavy (non-hydrogen) atoms. The molecule has 8 N–H and O–H groups in total. The Labute approximate surface area is 159 Å². The van der Waals surface area contributed by atoms with E-state index in [0.717, 1.165) is 0 Å². The van der Waals surface area contributed by atoms with E-state index in [4.69, 9.17) is 26.2 Å². The topological polar surface area (TPSA) is 224 Å². The van der Waals surface area contributed by atoms with Crippen molar-refractivity contribution < 1.29 is 33.9 Å². The molecule has 1 rings (SSSR count). The molecule has 1 aromatic heterocycles. The van der Waals surface area contributed by atoms with Gasteiger partial charge in [-0.3, -0.25) is 9.59 Å². The van der Waals surface area contributed by atoms with Crippen LogP contribution in [0.3, 0.4) is 0 Å². The maximum absolute atomic E-state index is 12.1. The Kier molecular flexibility index (Phi) is 8.31. The number of carbonyl (C=O) groups excluding carboxylic acids is 2. The van der Waals surface area contributed by atoms with Gasteiger partial charge in [-0.1, -0.05) is 19.0 Å². The van der Waals surface area contributed by atoms with Gasteiger partial charge in [0.15, 0.2) is 5.82 Å². The van der Waals surface area contributed by atoms with E-state index >= 15 is 0 Å². The van der Waals surface area contributed by atoms with E-state index in [1.165, 1.54) is 0 Å². The fourth-order valence-electron chi connectivity index (χ4n) is 2.20. The molecule has 1 aromatic rings. The van der Waals surface area contributed by atoms with E-state index < -0.39 is 48.4 Å². The number of carboxylic acid groups (broad SMARTS) is 2. The summed E-state index contributed by atoms with van der Waals surface area (Å²) >= 11 is 0. The molecule has 1 unspecified atom stereocenters. The van der Waals surface area contributed by atoms with E-state index in [1.54, 1.807) is 13.8 Å². The maximum Gasteiger partial charge on any atom is 0.326 e. The first-order valence-corrected chi connectivity index (χ1v) is 8.40. The largest absolute Gasteiger partial charge is 0.481 e. The lowest BCUT2D eigenvalue weighted by Gasteiger charge is -2.20. The third kappa shape index (κ3) is 7.19. The molecule has 0 fully saturated rings. The summed E-state index contributed by atoms with van der Waals surface area (Å²) in [5.41, 5.74) is 11.0. The van der Waals surface area contributed by atoms with Gasteiger partial charge in [0.05, 0.1) is 12.5 Å². The number of primary amides is 1. The molecule has 0 radical (unpaired) electrons. The number of nitrogens with zero attached hydrogens (tertiary/aromatic N) is 2. The Bertz CT molecular complexity index is 719. The first-order valence-electron chi connectivity index (χ1n) is 8.40. The molecule has 0 aromatic carbocycles. The van der Waals surface area contributed by atoms with Crippen LogP contribution in [0.4, 0.5) is 4.79 Å². The number of amides is 3. The van der Waals surface area contributed by atoms with Crippen LogP contribution < -0.4 is 22.1 Å². The molecule has 3 amide bonds. The minimum absolute atomic E-state index is 0.00137. The van der Waals surface area contributed by atoms with Gasteiger partial charge in [0.2, 0.25) is 11.8 Å². The molecule has 0 spiro atoms. The monoisotopic (exact) mass is 400 g/mol. The number of nitrogens with two attached hydrogens (primary N) is 2. The zero-order valence-electron chi connectivity index (χ0n) is 15.4. The van der Waals surface area contributed by atoms with Gasteiger partial charge in [0.25, 0.3) is 0 Å². The van der Waals surface area contributed by atoms with Crippen molar-refractivity contribution in [2.75, 3.05) is 0 Å². The van der Waals surface area contributed by atoms with E-state index in [0.29, 0.717) is 0 Å². The minimum atomic E-state index is -1.22. The Morgan fingerprint density at radius 2 is 1.82 bits per heavy atom. The Balaban J connectivity index is 2.88. The molecule has 156 valence electrons. The number of hydrogen-bond donors (Lipinski definition) is 6. The van der Waals surface area contributed by atoms with E-state index in [1.807, 2.05) is 0 Å². The Hall–Kier alpha value is -3.22. The lowest BCUT2D eigenvalue weighted by Crippen LogP contribution is -2.49. The Morgan fingerprint density at radius 1 is 1.18 bits per heavy atom. The summed E-state index contributed by atoms with van der Waals surface area (Å²) in [7, 11) is 0. The Morgan fingerprint density at radius 3 is 2.32 bits per heavy atom. The van der Waals surface area contributed by atoms with Gasteiger partial charge in [-0.2, -0.15) is 4.98 Å². The highest BCUT2D eigenvalue weighted by atomic mass is 16.5. The van der Waals surface area contributed by atoms with Gasteiger partial charge in [0.1, 0.15) is 12.1 Å². The normalized spacial score (nSPS) is 14.1. The van der Waals surface area contributed by atoms with Crippen LogP contribution in [0.1, 0.15) is 56.9 Å². The number of nitrogens with one attached hydrogen (secondary N) is 2. The standard InChI is InChI=1S/C15H24N6O7/c1-6(2)11(14(25)26)19-15(27)18-8(5-9(17)22)13-20-12(21-28-13)7(16)3-4-10(23)24/h6-8,11H,3-5,16H2,1-2H3,(H2,17,22)(H,23,24)(H,25,26)(H2,18,19,27)/t7-,8-,11?/m0/s1. The van der Waals surface area contributed by atoms with Crippen LogP contribution in [-0.2, 0) is 14.4 Å². The van der Waals surface area contributed by atoms with Crippen LogP contribution in [-0.4, -0.2) is 50.3 Å². The fourth-order valence-corrected chi connectivity index (χ4v) is 2.20. The lowest BCUT2D eigenvalue weighted by atomic mass is 10.1. The molecule has 1 heterocycles. The fraction of sp³-hybridized carbons (Fsp3) is 0.600. The van der Waals surface area contributed by atoms with Gasteiger partial charge in [0, 0.05) is 6.42 Å². The number of rotatable bonds is 11. The van der Waals surface area contributed by atoms with Crippen LogP contribution >= 0.6 is 0 Å². The van der Waals surface area contributed by atoms with Gasteiger partial charge < -0.3 is 36.8 Å². The number of hydrogen-bond acceptors (Lipinski definition) is 8. The molecule has 13 heteroatoms. The van der Waals surface area contributed by atoms with Gasteiger partial charge >= 0.3 is 18.0 Å². The highest BCUT2D eigenvalue weighted by Gasteiger charge is 2.28. The predicted octanol–water partition coefficient (Wildman–Crippen LogP) is -0.741. The summed E-state index contributed by atoms with van der Waals surface area (Å²) in [6.07, 6.45) is -0.543. The van der Waals surface area contributed by atoms with Crippen molar-refractivity contribution in [3.05, 3.63) is 11.7 Å². The number of urea groups is 1. The number of aliphatic carboxylic acids is 2. The van der Waals surface area contributed by atoms with Gasteiger partial charge in [-0.25, -0.2) is 9.59 Å². The summed E-state index contributed by atoms with van der Waals surface area (Å²) in [5, 5.41) is 26.1. The van der Waals surface area contributed by atoms with Crippen molar-refractivity contribution in [2.24, 2.45) is 17.4 Å². The van der Waals surface area contributed by atoms with Gasteiger partial charge in [-0.15, -0.1) is 0 Å². The molecular weight excluding hydrogens is 376 g/mol. The van der Waals surface area contributed by atoms with E-state index in [-0.39, 0.29) is 30.5 Å². The maximum atomic E-state index is 12.1. The van der Waals surface area contributed by atoms with E-state index in [2.05, 4.69) is 20.8 Å². The molecule has 0 bridgehead atoms. The summed E-state index contributed by atoms with van der Waals surface area (Å²) in [4.78, 5) is 49.2. The lowest BCUT2D eigenvalue weighted by molar-refractivity contribution is -0.140. The zero-order chi connectivity index (χ0) is 21.4. The average molecular weight is 400 g/mol. The molecule has 0 aliphatic heterocycles. The van der Waals surface area contributed by atoms with Crippen molar-refractivity contribution in [2.45, 2.75) is 51.2 Å². The van der Waals surface area contributed by atoms with Crippen molar-refractivity contribution in [1.82, 2.24) is 20.8 Å². The second-order valence-corrected chi connectivity index (χ2v) is 6.43. The van der Waals surface area contributed by atoms with Crippen LogP contribution in [0.5, 0.6) is 0 Å². The van der Waals surface area contributed by atoms with Crippen LogP contribution in [0.15, 0.2) is 4.52 Å². The van der Waals surface area contributed by atoms with E-state index in [9.17, 15) is 19.2 Å². The third-order valence-corrected chi connectivity index (χ3v) is 3.69. The van der Waals surface area contributed by atoms with Crippen LogP contribution in [0, 0.1) is 5.92 Å². The number of carbonyl (C=O) groups is 4. The van der Waals surface area contributed by atoms with Crippen LogP contribution in [0.2, 0.25) is 0 Å². The number of carboxylic acids is 2. The smallest absolute Gasteiger partial charge is 0.326 e. The van der Waals surface area contributed by atoms with Crippen LogP contribution in [0.25, 0.3) is 0 Å². The highest BCUT2D eigenvalue weighted by molar-refractivity contribution is 5.83. The molecule has 3 atom stereocenters. The van der Waals surface area contributed by atoms with Crippen molar-refractivity contribution in [3.8, 4) is 0 Å². The summed E-state index contributed by atoms with van der Waals surface area (Å²) in [6.45, 7) is 3.23. The highest BCUT2D eigenvalue weighted by Crippen LogP contribution is 2.19. The summed E-state index contributed by atoms with van der Waals surface area (Å²) in [5.74, 6) is -3.60. The minimum Gasteiger partial charge on any atom is -0.481 e. The number of aromatic nitrogens is 2. The average Bonchev–Trinajstić information content (AvgIpc) is 3.06.